The minimum atomic E-state index is -0.233. The lowest BCUT2D eigenvalue weighted by Crippen LogP contribution is -2.24. The Balaban J connectivity index is 1.53. The summed E-state index contributed by atoms with van der Waals surface area (Å²) in [7, 11) is 0. The topological polar surface area (TPSA) is 17.4 Å². The molecule has 3 heterocycles. The molecule has 0 atom stereocenters. The maximum Gasteiger partial charge on any atom is 0.142 e. The first kappa shape index (κ1) is 17.7. The molecular weight excluding hydrogens is 395 g/mol. The van der Waals surface area contributed by atoms with Crippen LogP contribution in [0.4, 0.5) is 4.39 Å². The molecule has 0 spiro atoms. The number of fused-ring (bicyclic) bond motifs is 2. The van der Waals surface area contributed by atoms with E-state index >= 15 is 0 Å². The Morgan fingerprint density at radius 2 is 2.07 bits per heavy atom. The quantitative estimate of drug-likeness (QED) is 0.418. The summed E-state index contributed by atoms with van der Waals surface area (Å²) < 4.78 is 21.5. The van der Waals surface area contributed by atoms with Gasteiger partial charge in [-0.25, -0.2) is 4.39 Å². The van der Waals surface area contributed by atoms with E-state index in [9.17, 15) is 4.39 Å². The third-order valence-corrected chi connectivity index (χ3v) is 6.19. The molecule has 0 saturated carbocycles. The summed E-state index contributed by atoms with van der Waals surface area (Å²) in [6, 6.07) is 15.0. The van der Waals surface area contributed by atoms with Crippen LogP contribution in [0.3, 0.4) is 0 Å². The molecule has 2 aromatic carbocycles. The number of benzene rings is 2. The number of rotatable bonds is 3. The predicted molar refractivity (Wildman–Crippen MR) is 112 cm³/mol. The fourth-order valence-electron chi connectivity index (χ4n) is 3.75. The Hall–Kier alpha value is -2.34. The molecule has 142 valence electrons. The second-order valence-corrected chi connectivity index (χ2v) is 8.38. The fourth-order valence-corrected chi connectivity index (χ4v) is 4.78. The second kappa shape index (κ2) is 7.24. The Bertz CT molecular complexity index is 1140. The van der Waals surface area contributed by atoms with Gasteiger partial charge in [0.05, 0.1) is 10.5 Å². The van der Waals surface area contributed by atoms with Gasteiger partial charge in [-0.1, -0.05) is 17.7 Å². The highest BCUT2D eigenvalue weighted by Crippen LogP contribution is 2.35. The smallest absolute Gasteiger partial charge is 0.142 e. The van der Waals surface area contributed by atoms with Crippen molar-refractivity contribution in [3.8, 4) is 11.4 Å². The molecule has 2 aromatic heterocycles. The Morgan fingerprint density at radius 1 is 1.14 bits per heavy atom. The van der Waals surface area contributed by atoms with Crippen molar-refractivity contribution in [3.63, 3.8) is 0 Å². The van der Waals surface area contributed by atoms with E-state index in [1.807, 2.05) is 22.9 Å². The zero-order valence-corrected chi connectivity index (χ0v) is 16.6. The van der Waals surface area contributed by atoms with E-state index in [0.717, 1.165) is 47.5 Å². The van der Waals surface area contributed by atoms with Crippen molar-refractivity contribution in [2.75, 3.05) is 13.2 Å². The van der Waals surface area contributed by atoms with Crippen LogP contribution in [0.5, 0.6) is 5.75 Å². The molecule has 0 radical (unpaired) electrons. The van der Waals surface area contributed by atoms with Crippen molar-refractivity contribution in [1.29, 1.82) is 0 Å². The van der Waals surface area contributed by atoms with E-state index in [4.69, 9.17) is 16.3 Å². The number of halogens is 2. The van der Waals surface area contributed by atoms with Gasteiger partial charge in [-0.15, -0.1) is 11.3 Å². The van der Waals surface area contributed by atoms with Gasteiger partial charge in [0.1, 0.15) is 18.2 Å². The number of nitrogens with zero attached hydrogens (tertiary/aromatic N) is 2. The minimum Gasteiger partial charge on any atom is -0.490 e. The van der Waals surface area contributed by atoms with Crippen molar-refractivity contribution in [2.45, 2.75) is 13.1 Å². The maximum absolute atomic E-state index is 13.5. The van der Waals surface area contributed by atoms with Crippen LogP contribution in [0.25, 0.3) is 16.6 Å². The van der Waals surface area contributed by atoms with E-state index in [1.165, 1.54) is 10.9 Å². The average Bonchev–Trinajstić information content (AvgIpc) is 3.27. The van der Waals surface area contributed by atoms with E-state index in [2.05, 4.69) is 28.5 Å². The highest BCUT2D eigenvalue weighted by atomic mass is 35.5. The first-order chi connectivity index (χ1) is 13.7. The van der Waals surface area contributed by atoms with Crippen molar-refractivity contribution in [2.24, 2.45) is 0 Å². The van der Waals surface area contributed by atoms with Crippen LogP contribution < -0.4 is 4.74 Å². The first-order valence-electron chi connectivity index (χ1n) is 9.14. The molecule has 1 aliphatic rings. The molecule has 0 fully saturated rings. The van der Waals surface area contributed by atoms with Gasteiger partial charge >= 0.3 is 0 Å². The van der Waals surface area contributed by atoms with Gasteiger partial charge in [0.2, 0.25) is 0 Å². The zero-order valence-electron chi connectivity index (χ0n) is 15.1. The highest BCUT2D eigenvalue weighted by Gasteiger charge is 2.20. The first-order valence-corrected chi connectivity index (χ1v) is 10.4. The molecule has 28 heavy (non-hydrogen) atoms. The molecule has 0 unspecified atom stereocenters. The maximum atomic E-state index is 13.5. The van der Waals surface area contributed by atoms with Crippen molar-refractivity contribution < 1.29 is 9.13 Å². The predicted octanol–water partition coefficient (Wildman–Crippen LogP) is 5.88. The van der Waals surface area contributed by atoms with Gasteiger partial charge in [-0.2, -0.15) is 0 Å². The largest absolute Gasteiger partial charge is 0.490 e. The summed E-state index contributed by atoms with van der Waals surface area (Å²) >= 11 is 8.36. The number of hydrogen-bond donors (Lipinski definition) is 0. The van der Waals surface area contributed by atoms with Gasteiger partial charge in [0, 0.05) is 47.3 Å². The minimum absolute atomic E-state index is 0.233. The normalized spacial score (nSPS) is 14.6. The number of hydrogen-bond acceptors (Lipinski definition) is 3. The Kier molecular flexibility index (Phi) is 4.59. The molecule has 0 aliphatic carbocycles. The molecule has 0 N–H and O–H groups in total. The molecular formula is C22H18ClFN2OS. The van der Waals surface area contributed by atoms with Crippen LogP contribution in [-0.4, -0.2) is 22.6 Å². The number of thiophene rings is 1. The van der Waals surface area contributed by atoms with Crippen LogP contribution in [0, 0.1) is 5.82 Å². The van der Waals surface area contributed by atoms with Crippen LogP contribution in [0.1, 0.15) is 10.4 Å². The molecule has 0 amide bonds. The van der Waals surface area contributed by atoms with Gasteiger partial charge in [-0.05, 0) is 47.8 Å². The van der Waals surface area contributed by atoms with Crippen LogP contribution in [0.15, 0.2) is 60.1 Å². The molecule has 3 nitrogen and oxygen atoms in total. The van der Waals surface area contributed by atoms with Gasteiger partial charge < -0.3 is 9.30 Å². The molecule has 0 bridgehead atoms. The van der Waals surface area contributed by atoms with E-state index < -0.39 is 0 Å². The second-order valence-electron chi connectivity index (χ2n) is 6.94. The highest BCUT2D eigenvalue weighted by molar-refractivity contribution is 7.09. The lowest BCUT2D eigenvalue weighted by molar-refractivity contribution is 0.221. The molecule has 1 aliphatic heterocycles. The third kappa shape index (κ3) is 3.30. The van der Waals surface area contributed by atoms with Gasteiger partial charge in [0.25, 0.3) is 0 Å². The Morgan fingerprint density at radius 3 is 2.93 bits per heavy atom. The monoisotopic (exact) mass is 412 g/mol. The van der Waals surface area contributed by atoms with Gasteiger partial charge in [-0.3, -0.25) is 4.90 Å². The summed E-state index contributed by atoms with van der Waals surface area (Å²) in [5, 5.41) is 3.57. The lowest BCUT2D eigenvalue weighted by atomic mass is 10.1. The van der Waals surface area contributed by atoms with E-state index in [0.29, 0.717) is 11.6 Å². The van der Waals surface area contributed by atoms with Crippen molar-refractivity contribution >= 4 is 33.8 Å². The van der Waals surface area contributed by atoms with Crippen molar-refractivity contribution in [3.05, 3.63) is 81.4 Å². The summed E-state index contributed by atoms with van der Waals surface area (Å²) in [5.41, 5.74) is 2.97. The fraction of sp³-hybridized carbons (Fsp3) is 0.182. The number of ether oxygens (including phenoxy) is 1. The Labute approximate surface area is 171 Å². The van der Waals surface area contributed by atoms with Crippen LogP contribution in [-0.2, 0) is 13.1 Å². The van der Waals surface area contributed by atoms with E-state index in [-0.39, 0.29) is 5.82 Å². The molecule has 6 heteroatoms. The third-order valence-electron chi connectivity index (χ3n) is 5.04. The average molecular weight is 413 g/mol. The molecule has 4 aromatic rings. The SMILES string of the molecule is Fc1ccc2c(ccn2-c2cc(Cl)c3c(c2)CN(Cc2cccs2)CCO3)c1. The van der Waals surface area contributed by atoms with Crippen LogP contribution >= 0.6 is 22.9 Å². The zero-order chi connectivity index (χ0) is 19.1. The summed E-state index contributed by atoms with van der Waals surface area (Å²) in [5.74, 6) is 0.532. The van der Waals surface area contributed by atoms with Crippen LogP contribution in [0.2, 0.25) is 5.02 Å². The summed E-state index contributed by atoms with van der Waals surface area (Å²) in [4.78, 5) is 3.71. The van der Waals surface area contributed by atoms with Crippen molar-refractivity contribution in [1.82, 2.24) is 9.47 Å². The molecule has 5 rings (SSSR count). The number of aromatic nitrogens is 1. The standard InChI is InChI=1S/C22H18ClFN2OS/c23-20-12-18(26-6-5-15-10-17(24)3-4-21(15)26)11-16-13-25(7-8-27-22(16)20)14-19-2-1-9-28-19/h1-6,9-12H,7-8,13-14H2. The summed E-state index contributed by atoms with van der Waals surface area (Å²) in [6.45, 7) is 3.13. The lowest BCUT2D eigenvalue weighted by Gasteiger charge is -2.19. The van der Waals surface area contributed by atoms with Gasteiger partial charge in [0.15, 0.2) is 0 Å². The van der Waals surface area contributed by atoms with E-state index in [1.54, 1.807) is 23.5 Å². The summed E-state index contributed by atoms with van der Waals surface area (Å²) in [6.07, 6.45) is 1.95. The molecule has 0 saturated heterocycles.